The van der Waals surface area contributed by atoms with Crippen molar-refractivity contribution in [1.82, 2.24) is 10.2 Å². The van der Waals surface area contributed by atoms with Crippen molar-refractivity contribution in [2.75, 3.05) is 10.6 Å². The number of nitrogens with zero attached hydrogens (tertiary/aromatic N) is 1. The third-order valence-corrected chi connectivity index (χ3v) is 3.21. The monoisotopic (exact) mass is 280 g/mol. The highest BCUT2D eigenvalue weighted by atomic mass is 16.1. The number of aromatic amines is 1. The summed E-state index contributed by atoms with van der Waals surface area (Å²) in [6.45, 7) is 2.23. The molecule has 1 aromatic heterocycles. The van der Waals surface area contributed by atoms with Crippen LogP contribution in [0.3, 0.4) is 0 Å². The highest BCUT2D eigenvalue weighted by molar-refractivity contribution is 5.88. The fraction of sp³-hybridized carbons (Fsp3) is 0.125. The molecule has 0 aliphatic carbocycles. The summed E-state index contributed by atoms with van der Waals surface area (Å²) in [6.07, 6.45) is 1.81. The predicted molar refractivity (Wildman–Crippen MR) is 84.2 cm³/mol. The molecule has 3 N–H and O–H groups in total. The van der Waals surface area contributed by atoms with Crippen LogP contribution in [0.4, 0.5) is 11.4 Å². The molecule has 0 fully saturated rings. The number of fused-ring (bicyclic) bond motifs is 1. The molecule has 1 amide bonds. The lowest BCUT2D eigenvalue weighted by Gasteiger charge is -2.08. The Morgan fingerprint density at radius 2 is 1.90 bits per heavy atom. The van der Waals surface area contributed by atoms with E-state index < -0.39 is 0 Å². The van der Waals surface area contributed by atoms with Crippen molar-refractivity contribution in [1.29, 1.82) is 0 Å². The zero-order valence-corrected chi connectivity index (χ0v) is 11.7. The van der Waals surface area contributed by atoms with Gasteiger partial charge in [0.25, 0.3) is 0 Å². The summed E-state index contributed by atoms with van der Waals surface area (Å²) in [6, 6.07) is 13.9. The van der Waals surface area contributed by atoms with Crippen molar-refractivity contribution in [3.8, 4) is 0 Å². The number of hydrogen-bond donors (Lipinski definition) is 3. The van der Waals surface area contributed by atoms with Crippen LogP contribution in [0.25, 0.3) is 10.9 Å². The third-order valence-electron chi connectivity index (χ3n) is 3.21. The second-order valence-electron chi connectivity index (χ2n) is 4.90. The van der Waals surface area contributed by atoms with E-state index in [1.165, 1.54) is 6.92 Å². The van der Waals surface area contributed by atoms with Gasteiger partial charge in [-0.25, -0.2) is 0 Å². The largest absolute Gasteiger partial charge is 0.381 e. The van der Waals surface area contributed by atoms with E-state index in [-0.39, 0.29) is 5.91 Å². The van der Waals surface area contributed by atoms with E-state index in [0.29, 0.717) is 0 Å². The van der Waals surface area contributed by atoms with Gasteiger partial charge in [-0.2, -0.15) is 5.10 Å². The quantitative estimate of drug-likeness (QED) is 0.687. The van der Waals surface area contributed by atoms with Crippen LogP contribution in [-0.4, -0.2) is 16.1 Å². The third kappa shape index (κ3) is 3.20. The van der Waals surface area contributed by atoms with Crippen LogP contribution in [0.15, 0.2) is 48.7 Å². The van der Waals surface area contributed by atoms with E-state index >= 15 is 0 Å². The van der Waals surface area contributed by atoms with Crippen molar-refractivity contribution in [3.63, 3.8) is 0 Å². The zero-order chi connectivity index (χ0) is 14.7. The molecule has 0 radical (unpaired) electrons. The number of amides is 1. The molecule has 3 rings (SSSR count). The second-order valence-corrected chi connectivity index (χ2v) is 4.90. The highest BCUT2D eigenvalue weighted by Gasteiger charge is 1.99. The Morgan fingerprint density at radius 1 is 1.14 bits per heavy atom. The molecule has 5 heteroatoms. The molecule has 0 aliphatic rings. The van der Waals surface area contributed by atoms with Gasteiger partial charge in [-0.05, 0) is 35.9 Å². The fourth-order valence-electron chi connectivity index (χ4n) is 2.17. The molecule has 1 heterocycles. The van der Waals surface area contributed by atoms with Gasteiger partial charge in [0.05, 0.1) is 11.7 Å². The normalized spacial score (nSPS) is 10.5. The van der Waals surface area contributed by atoms with Crippen LogP contribution >= 0.6 is 0 Å². The standard InChI is InChI=1S/C16H16N4O/c1-11(21)19-14-4-2-12(3-5-14)9-17-15-6-7-16-13(8-15)10-18-20-16/h2-8,10,17H,9H2,1H3,(H,18,20)(H,19,21). The van der Waals surface area contributed by atoms with Crippen molar-refractivity contribution in [3.05, 3.63) is 54.2 Å². The van der Waals surface area contributed by atoms with E-state index in [9.17, 15) is 4.79 Å². The SMILES string of the molecule is CC(=O)Nc1ccc(CNc2ccc3[nH]ncc3c2)cc1. The lowest BCUT2D eigenvalue weighted by atomic mass is 10.2. The molecule has 21 heavy (non-hydrogen) atoms. The van der Waals surface area contributed by atoms with Crippen LogP contribution < -0.4 is 10.6 Å². The van der Waals surface area contributed by atoms with Gasteiger partial charge in [0.1, 0.15) is 0 Å². The first-order valence-corrected chi connectivity index (χ1v) is 6.74. The molecule has 0 aliphatic heterocycles. The number of hydrogen-bond acceptors (Lipinski definition) is 3. The van der Waals surface area contributed by atoms with E-state index in [4.69, 9.17) is 0 Å². The molecule has 0 unspecified atom stereocenters. The molecule has 0 spiro atoms. The highest BCUT2D eigenvalue weighted by Crippen LogP contribution is 2.18. The van der Waals surface area contributed by atoms with Crippen LogP contribution in [0.1, 0.15) is 12.5 Å². The second kappa shape index (κ2) is 5.66. The Bertz CT molecular complexity index is 761. The first-order valence-electron chi connectivity index (χ1n) is 6.74. The predicted octanol–water partition coefficient (Wildman–Crippen LogP) is 3.13. The number of aromatic nitrogens is 2. The Labute approximate surface area is 122 Å². The Hall–Kier alpha value is -2.82. The topological polar surface area (TPSA) is 69.8 Å². The lowest BCUT2D eigenvalue weighted by molar-refractivity contribution is -0.114. The molecule has 106 valence electrons. The maximum absolute atomic E-state index is 11.0. The van der Waals surface area contributed by atoms with Crippen LogP contribution in [-0.2, 0) is 11.3 Å². The smallest absolute Gasteiger partial charge is 0.221 e. The Balaban J connectivity index is 1.65. The van der Waals surface area contributed by atoms with E-state index in [1.54, 1.807) is 0 Å². The number of rotatable bonds is 4. The summed E-state index contributed by atoms with van der Waals surface area (Å²) in [5, 5.41) is 14.1. The van der Waals surface area contributed by atoms with Gasteiger partial charge < -0.3 is 10.6 Å². The summed E-state index contributed by atoms with van der Waals surface area (Å²) in [4.78, 5) is 11.0. The van der Waals surface area contributed by atoms with Crippen molar-refractivity contribution >= 4 is 28.2 Å². The number of H-pyrrole nitrogens is 1. The minimum absolute atomic E-state index is 0.0608. The molecule has 0 saturated heterocycles. The van der Waals surface area contributed by atoms with Gasteiger partial charge in [-0.3, -0.25) is 9.89 Å². The number of carbonyl (C=O) groups excluding carboxylic acids is 1. The van der Waals surface area contributed by atoms with Crippen molar-refractivity contribution in [2.45, 2.75) is 13.5 Å². The van der Waals surface area contributed by atoms with Gasteiger partial charge in [0.2, 0.25) is 5.91 Å². The Kier molecular flexibility index (Phi) is 3.55. The zero-order valence-electron chi connectivity index (χ0n) is 11.7. The summed E-state index contributed by atoms with van der Waals surface area (Å²) in [5.41, 5.74) is 4.04. The maximum Gasteiger partial charge on any atom is 0.221 e. The van der Waals surface area contributed by atoms with Crippen molar-refractivity contribution in [2.24, 2.45) is 0 Å². The average molecular weight is 280 g/mol. The van der Waals surface area contributed by atoms with E-state index in [1.807, 2.05) is 42.6 Å². The number of benzene rings is 2. The molecule has 2 aromatic carbocycles. The fourth-order valence-corrected chi connectivity index (χ4v) is 2.17. The average Bonchev–Trinajstić information content (AvgIpc) is 2.93. The number of nitrogens with one attached hydrogen (secondary N) is 3. The molecular weight excluding hydrogens is 264 g/mol. The van der Waals surface area contributed by atoms with E-state index in [0.717, 1.165) is 34.4 Å². The number of anilines is 2. The minimum Gasteiger partial charge on any atom is -0.381 e. The summed E-state index contributed by atoms with van der Waals surface area (Å²) < 4.78 is 0. The maximum atomic E-state index is 11.0. The molecule has 0 bridgehead atoms. The minimum atomic E-state index is -0.0608. The molecule has 3 aromatic rings. The number of carbonyl (C=O) groups is 1. The van der Waals surface area contributed by atoms with Crippen molar-refractivity contribution < 1.29 is 4.79 Å². The summed E-state index contributed by atoms with van der Waals surface area (Å²) in [7, 11) is 0. The van der Waals surface area contributed by atoms with Gasteiger partial charge in [-0.1, -0.05) is 12.1 Å². The van der Waals surface area contributed by atoms with Gasteiger partial charge in [0, 0.05) is 30.2 Å². The summed E-state index contributed by atoms with van der Waals surface area (Å²) >= 11 is 0. The van der Waals surface area contributed by atoms with Gasteiger partial charge in [0.15, 0.2) is 0 Å². The Morgan fingerprint density at radius 3 is 2.67 bits per heavy atom. The molecule has 0 atom stereocenters. The van der Waals surface area contributed by atoms with Gasteiger partial charge in [-0.15, -0.1) is 0 Å². The first-order chi connectivity index (χ1) is 10.2. The van der Waals surface area contributed by atoms with Crippen LogP contribution in [0.5, 0.6) is 0 Å². The summed E-state index contributed by atoms with van der Waals surface area (Å²) in [5.74, 6) is -0.0608. The molecule has 5 nitrogen and oxygen atoms in total. The van der Waals surface area contributed by atoms with Crippen LogP contribution in [0.2, 0.25) is 0 Å². The van der Waals surface area contributed by atoms with Gasteiger partial charge >= 0.3 is 0 Å². The van der Waals surface area contributed by atoms with Crippen LogP contribution in [0, 0.1) is 0 Å². The molecular formula is C16H16N4O. The first kappa shape index (κ1) is 13.2. The van der Waals surface area contributed by atoms with E-state index in [2.05, 4.69) is 26.9 Å². The molecule has 0 saturated carbocycles. The lowest BCUT2D eigenvalue weighted by Crippen LogP contribution is -2.06.